The van der Waals surface area contributed by atoms with Crippen molar-refractivity contribution in [3.05, 3.63) is 41.8 Å². The molecule has 0 fully saturated rings. The Morgan fingerprint density at radius 1 is 1.17 bits per heavy atom. The predicted octanol–water partition coefficient (Wildman–Crippen LogP) is 4.69. The molecular formula is C14H15ClN2S. The fourth-order valence-electron chi connectivity index (χ4n) is 1.56. The molecule has 0 N–H and O–H groups in total. The van der Waals surface area contributed by atoms with Gasteiger partial charge in [0.15, 0.2) is 0 Å². The monoisotopic (exact) mass is 278 g/mol. The summed E-state index contributed by atoms with van der Waals surface area (Å²) in [5, 5.41) is 0.748. The zero-order valence-electron chi connectivity index (χ0n) is 10.6. The summed E-state index contributed by atoms with van der Waals surface area (Å²) in [6.07, 6.45) is 5.06. The first-order valence-corrected chi connectivity index (χ1v) is 6.91. The Bertz CT molecular complexity index is 535. The van der Waals surface area contributed by atoms with Crippen LogP contribution in [0.2, 0.25) is 5.02 Å². The normalized spacial score (nSPS) is 11.6. The Morgan fingerprint density at radius 3 is 2.56 bits per heavy atom. The van der Waals surface area contributed by atoms with E-state index in [2.05, 4.69) is 30.7 Å². The van der Waals surface area contributed by atoms with Gasteiger partial charge in [0, 0.05) is 27.6 Å². The van der Waals surface area contributed by atoms with Gasteiger partial charge in [0.05, 0.1) is 16.9 Å². The molecule has 0 saturated carbocycles. The highest BCUT2D eigenvalue weighted by Crippen LogP contribution is 2.40. The number of thioether (sulfide) groups is 1. The molecule has 0 unspecified atom stereocenters. The van der Waals surface area contributed by atoms with Crippen LogP contribution in [0.5, 0.6) is 0 Å². The van der Waals surface area contributed by atoms with Crippen LogP contribution in [0.4, 0.5) is 0 Å². The number of halogens is 1. The number of aromatic nitrogens is 2. The summed E-state index contributed by atoms with van der Waals surface area (Å²) < 4.78 is 0.130. The standard InChI is InChI=1S/C14H15ClN2S/c1-14(2,3)18-12-6-4-5-10(13(12)15)11-9-16-7-8-17-11/h4-9H,1-3H3. The maximum Gasteiger partial charge on any atom is 0.0900 e. The summed E-state index contributed by atoms with van der Waals surface area (Å²) in [6.45, 7) is 6.51. The minimum Gasteiger partial charge on any atom is -0.261 e. The van der Waals surface area contributed by atoms with E-state index in [4.69, 9.17) is 11.6 Å². The fraction of sp³-hybridized carbons (Fsp3) is 0.286. The van der Waals surface area contributed by atoms with Crippen LogP contribution in [0.25, 0.3) is 11.3 Å². The predicted molar refractivity (Wildman–Crippen MR) is 78.1 cm³/mol. The molecule has 0 spiro atoms. The maximum atomic E-state index is 6.46. The molecule has 2 aromatic rings. The molecule has 94 valence electrons. The van der Waals surface area contributed by atoms with Gasteiger partial charge in [-0.3, -0.25) is 9.97 Å². The number of rotatable bonds is 2. The molecule has 0 radical (unpaired) electrons. The summed E-state index contributed by atoms with van der Waals surface area (Å²) >= 11 is 8.22. The number of benzene rings is 1. The number of hydrogen-bond donors (Lipinski definition) is 0. The van der Waals surface area contributed by atoms with Gasteiger partial charge in [-0.15, -0.1) is 11.8 Å². The molecule has 4 heteroatoms. The zero-order chi connectivity index (χ0) is 13.2. The van der Waals surface area contributed by atoms with Gasteiger partial charge in [0.25, 0.3) is 0 Å². The van der Waals surface area contributed by atoms with Crippen LogP contribution in [0.1, 0.15) is 20.8 Å². The smallest absolute Gasteiger partial charge is 0.0900 e. The van der Waals surface area contributed by atoms with Crippen LogP contribution in [0.15, 0.2) is 41.7 Å². The maximum absolute atomic E-state index is 6.46. The quantitative estimate of drug-likeness (QED) is 0.746. The molecule has 2 nitrogen and oxygen atoms in total. The zero-order valence-corrected chi connectivity index (χ0v) is 12.2. The molecular weight excluding hydrogens is 264 g/mol. The van der Waals surface area contributed by atoms with Crippen LogP contribution in [0, 0.1) is 0 Å². The van der Waals surface area contributed by atoms with Crippen molar-refractivity contribution >= 4 is 23.4 Å². The van der Waals surface area contributed by atoms with E-state index in [1.165, 1.54) is 0 Å². The SMILES string of the molecule is CC(C)(C)Sc1cccc(-c2cnccn2)c1Cl. The first-order chi connectivity index (χ1) is 8.47. The lowest BCUT2D eigenvalue weighted by molar-refractivity contribution is 0.803. The molecule has 18 heavy (non-hydrogen) atoms. The second kappa shape index (κ2) is 5.29. The van der Waals surface area contributed by atoms with Gasteiger partial charge in [-0.2, -0.15) is 0 Å². The van der Waals surface area contributed by atoms with E-state index in [1.807, 2.05) is 18.2 Å². The molecule has 1 aromatic carbocycles. The minimum atomic E-state index is 0.130. The van der Waals surface area contributed by atoms with Crippen molar-refractivity contribution in [2.45, 2.75) is 30.4 Å². The third-order valence-corrected chi connectivity index (χ3v) is 3.91. The summed E-state index contributed by atoms with van der Waals surface area (Å²) in [4.78, 5) is 9.45. The first kappa shape index (κ1) is 13.4. The summed E-state index contributed by atoms with van der Waals surface area (Å²) in [5.74, 6) is 0. The molecule has 0 aliphatic rings. The molecule has 0 aliphatic carbocycles. The van der Waals surface area contributed by atoms with Crippen molar-refractivity contribution < 1.29 is 0 Å². The minimum absolute atomic E-state index is 0.130. The average molecular weight is 279 g/mol. The van der Waals surface area contributed by atoms with E-state index < -0.39 is 0 Å². The Morgan fingerprint density at radius 2 is 1.94 bits per heavy atom. The third kappa shape index (κ3) is 3.24. The topological polar surface area (TPSA) is 25.8 Å². The van der Waals surface area contributed by atoms with Crippen molar-refractivity contribution in [3.63, 3.8) is 0 Å². The Hall–Kier alpha value is -1.06. The van der Waals surface area contributed by atoms with Gasteiger partial charge in [0.1, 0.15) is 0 Å². The van der Waals surface area contributed by atoms with Crippen LogP contribution >= 0.6 is 23.4 Å². The van der Waals surface area contributed by atoms with Crippen molar-refractivity contribution in [3.8, 4) is 11.3 Å². The van der Waals surface area contributed by atoms with E-state index in [0.717, 1.165) is 21.2 Å². The van der Waals surface area contributed by atoms with E-state index >= 15 is 0 Å². The lowest BCUT2D eigenvalue weighted by Gasteiger charge is -2.19. The highest BCUT2D eigenvalue weighted by atomic mass is 35.5. The highest BCUT2D eigenvalue weighted by molar-refractivity contribution is 8.00. The fourth-order valence-corrected chi connectivity index (χ4v) is 2.90. The lowest BCUT2D eigenvalue weighted by atomic mass is 10.1. The van der Waals surface area contributed by atoms with Gasteiger partial charge in [-0.25, -0.2) is 0 Å². The second-order valence-electron chi connectivity index (χ2n) is 4.92. The van der Waals surface area contributed by atoms with Crippen molar-refractivity contribution in [1.82, 2.24) is 9.97 Å². The van der Waals surface area contributed by atoms with Crippen LogP contribution in [-0.4, -0.2) is 14.7 Å². The molecule has 0 amide bonds. The van der Waals surface area contributed by atoms with Gasteiger partial charge in [-0.05, 0) is 6.07 Å². The van der Waals surface area contributed by atoms with Crippen molar-refractivity contribution in [2.75, 3.05) is 0 Å². The van der Waals surface area contributed by atoms with Crippen molar-refractivity contribution in [2.24, 2.45) is 0 Å². The second-order valence-corrected chi connectivity index (χ2v) is 7.17. The molecule has 1 heterocycles. The molecule has 0 atom stereocenters. The lowest BCUT2D eigenvalue weighted by Crippen LogP contribution is -2.06. The molecule has 0 aliphatic heterocycles. The van der Waals surface area contributed by atoms with Crippen LogP contribution in [0.3, 0.4) is 0 Å². The van der Waals surface area contributed by atoms with Gasteiger partial charge in [0.2, 0.25) is 0 Å². The summed E-state index contributed by atoms with van der Waals surface area (Å²) in [5.41, 5.74) is 1.73. The number of nitrogens with zero attached hydrogens (tertiary/aromatic N) is 2. The molecule has 0 saturated heterocycles. The van der Waals surface area contributed by atoms with E-state index in [9.17, 15) is 0 Å². The van der Waals surface area contributed by atoms with Crippen LogP contribution < -0.4 is 0 Å². The van der Waals surface area contributed by atoms with Gasteiger partial charge >= 0.3 is 0 Å². The number of hydrogen-bond acceptors (Lipinski definition) is 3. The molecule has 2 rings (SSSR count). The molecule has 1 aromatic heterocycles. The highest BCUT2D eigenvalue weighted by Gasteiger charge is 2.16. The van der Waals surface area contributed by atoms with Gasteiger partial charge < -0.3 is 0 Å². The Balaban J connectivity index is 2.43. The third-order valence-electron chi connectivity index (χ3n) is 2.22. The Kier molecular flexibility index (Phi) is 3.93. The Labute approximate surface area is 117 Å². The largest absolute Gasteiger partial charge is 0.261 e. The molecule has 0 bridgehead atoms. The average Bonchev–Trinajstić information content (AvgIpc) is 2.31. The van der Waals surface area contributed by atoms with Gasteiger partial charge in [-0.1, -0.05) is 44.5 Å². The van der Waals surface area contributed by atoms with Crippen molar-refractivity contribution in [1.29, 1.82) is 0 Å². The first-order valence-electron chi connectivity index (χ1n) is 5.71. The van der Waals surface area contributed by atoms with Crippen LogP contribution in [-0.2, 0) is 0 Å². The van der Waals surface area contributed by atoms with E-state index in [0.29, 0.717) is 0 Å². The van der Waals surface area contributed by atoms with E-state index in [1.54, 1.807) is 30.4 Å². The van der Waals surface area contributed by atoms with E-state index in [-0.39, 0.29) is 4.75 Å². The summed E-state index contributed by atoms with van der Waals surface area (Å²) in [7, 11) is 0. The summed E-state index contributed by atoms with van der Waals surface area (Å²) in [6, 6.07) is 6.02.